The number of amides is 1. The minimum absolute atomic E-state index is 0.0321. The molecule has 0 bridgehead atoms. The van der Waals surface area contributed by atoms with Crippen LogP contribution in [0.2, 0.25) is 5.02 Å². The molecular weight excluding hydrogens is 424 g/mol. The second kappa shape index (κ2) is 8.84. The molecule has 32 heavy (non-hydrogen) atoms. The monoisotopic (exact) mass is 450 g/mol. The third-order valence-corrected chi connectivity index (χ3v) is 6.53. The molecular formula is C24H27ClN6O. The third-order valence-electron chi connectivity index (χ3n) is 6.27. The van der Waals surface area contributed by atoms with Crippen molar-refractivity contribution in [2.24, 2.45) is 5.10 Å². The SMILES string of the molecule is Cc1ccc(CNC(=O)CCC2=NNC3C4CC(c5ccc(Cl)cc5)NN4C=CN23)cc1. The molecule has 0 saturated carbocycles. The van der Waals surface area contributed by atoms with Crippen LogP contribution in [0.4, 0.5) is 0 Å². The average Bonchev–Trinajstić information content (AvgIpc) is 3.41. The first-order chi connectivity index (χ1) is 15.6. The highest BCUT2D eigenvalue weighted by Gasteiger charge is 2.44. The Hall–Kier alpha value is -3.03. The molecule has 1 fully saturated rings. The molecule has 3 unspecified atom stereocenters. The second-order valence-electron chi connectivity index (χ2n) is 8.51. The lowest BCUT2D eigenvalue weighted by molar-refractivity contribution is -0.121. The van der Waals surface area contributed by atoms with Crippen LogP contribution in [0.1, 0.15) is 42.0 Å². The van der Waals surface area contributed by atoms with Gasteiger partial charge in [0, 0.05) is 36.8 Å². The molecule has 8 heteroatoms. The molecule has 1 amide bonds. The first kappa shape index (κ1) is 20.8. The van der Waals surface area contributed by atoms with Crippen LogP contribution in [0.25, 0.3) is 0 Å². The average molecular weight is 451 g/mol. The maximum Gasteiger partial charge on any atom is 0.220 e. The van der Waals surface area contributed by atoms with Crippen LogP contribution in [-0.4, -0.2) is 33.9 Å². The molecule has 5 rings (SSSR count). The number of fused-ring (bicyclic) bond motifs is 3. The Morgan fingerprint density at radius 2 is 1.94 bits per heavy atom. The Labute approximate surface area is 193 Å². The number of nitrogens with one attached hydrogen (secondary N) is 3. The standard InChI is InChI=1S/C24H27ClN6O/c1-16-2-4-17(5-3-16)15-26-23(32)11-10-22-27-28-24-21-14-20(18-6-8-19(25)9-7-18)29-31(21)13-12-30(22)24/h2-9,12-13,20-21,24,28-29H,10-11,14-15H2,1H3,(H,26,32). The Balaban J connectivity index is 1.14. The number of hydrogen-bond acceptors (Lipinski definition) is 6. The fourth-order valence-electron chi connectivity index (χ4n) is 4.44. The number of hydrazone groups is 1. The first-order valence-electron chi connectivity index (χ1n) is 11.0. The number of aryl methyl sites for hydroxylation is 1. The quantitative estimate of drug-likeness (QED) is 0.629. The van der Waals surface area contributed by atoms with Gasteiger partial charge in [0.15, 0.2) is 0 Å². The van der Waals surface area contributed by atoms with E-state index in [2.05, 4.69) is 68.6 Å². The fourth-order valence-corrected chi connectivity index (χ4v) is 4.57. The maximum absolute atomic E-state index is 12.4. The lowest BCUT2D eigenvalue weighted by Crippen LogP contribution is -2.54. The van der Waals surface area contributed by atoms with Crippen molar-refractivity contribution in [3.63, 3.8) is 0 Å². The molecule has 1 saturated heterocycles. The highest BCUT2D eigenvalue weighted by molar-refractivity contribution is 6.30. The van der Waals surface area contributed by atoms with E-state index in [1.54, 1.807) is 0 Å². The smallest absolute Gasteiger partial charge is 0.220 e. The van der Waals surface area contributed by atoms with Gasteiger partial charge >= 0.3 is 0 Å². The van der Waals surface area contributed by atoms with Gasteiger partial charge in [-0.3, -0.25) is 10.2 Å². The van der Waals surface area contributed by atoms with Crippen molar-refractivity contribution in [2.45, 2.75) is 51.0 Å². The van der Waals surface area contributed by atoms with Gasteiger partial charge in [-0.1, -0.05) is 53.6 Å². The lowest BCUT2D eigenvalue weighted by atomic mass is 9.99. The van der Waals surface area contributed by atoms with Gasteiger partial charge in [-0.25, -0.2) is 5.43 Å². The third kappa shape index (κ3) is 4.31. The summed E-state index contributed by atoms with van der Waals surface area (Å²) in [6, 6.07) is 16.7. The topological polar surface area (TPSA) is 72.0 Å². The molecule has 2 aromatic rings. The van der Waals surface area contributed by atoms with Gasteiger partial charge in [0.1, 0.15) is 12.0 Å². The molecule has 2 aromatic carbocycles. The lowest BCUT2D eigenvalue weighted by Gasteiger charge is -2.37. The zero-order chi connectivity index (χ0) is 22.1. The van der Waals surface area contributed by atoms with Crippen molar-refractivity contribution in [1.29, 1.82) is 0 Å². The summed E-state index contributed by atoms with van der Waals surface area (Å²) in [5.41, 5.74) is 10.4. The van der Waals surface area contributed by atoms with Crippen LogP contribution in [0.15, 0.2) is 66.0 Å². The highest BCUT2D eigenvalue weighted by Crippen LogP contribution is 2.34. The molecule has 0 radical (unpaired) electrons. The zero-order valence-electron chi connectivity index (χ0n) is 18.0. The molecule has 0 spiro atoms. The Kier molecular flexibility index (Phi) is 5.76. The van der Waals surface area contributed by atoms with Crippen molar-refractivity contribution in [2.75, 3.05) is 0 Å². The van der Waals surface area contributed by atoms with Gasteiger partial charge in [-0.15, -0.1) is 0 Å². The van der Waals surface area contributed by atoms with Gasteiger partial charge in [0.2, 0.25) is 5.91 Å². The van der Waals surface area contributed by atoms with Crippen molar-refractivity contribution >= 4 is 23.3 Å². The molecule has 3 heterocycles. The van der Waals surface area contributed by atoms with E-state index in [1.165, 1.54) is 11.1 Å². The summed E-state index contributed by atoms with van der Waals surface area (Å²) >= 11 is 6.04. The van der Waals surface area contributed by atoms with E-state index in [0.29, 0.717) is 19.4 Å². The summed E-state index contributed by atoms with van der Waals surface area (Å²) in [6.45, 7) is 2.60. The number of benzene rings is 2. The molecule has 0 aliphatic carbocycles. The van der Waals surface area contributed by atoms with Gasteiger partial charge in [-0.2, -0.15) is 5.10 Å². The van der Waals surface area contributed by atoms with Crippen LogP contribution in [-0.2, 0) is 11.3 Å². The molecule has 0 aromatic heterocycles. The predicted octanol–water partition coefficient (Wildman–Crippen LogP) is 3.39. The van der Waals surface area contributed by atoms with Crippen LogP contribution in [0.3, 0.4) is 0 Å². The van der Waals surface area contributed by atoms with Gasteiger partial charge < -0.3 is 15.2 Å². The van der Waals surface area contributed by atoms with Crippen molar-refractivity contribution < 1.29 is 4.79 Å². The highest BCUT2D eigenvalue weighted by atomic mass is 35.5. The summed E-state index contributed by atoms with van der Waals surface area (Å²) in [5.74, 6) is 0.927. The Bertz CT molecular complexity index is 1040. The van der Waals surface area contributed by atoms with Crippen LogP contribution < -0.4 is 16.2 Å². The van der Waals surface area contributed by atoms with E-state index in [9.17, 15) is 4.79 Å². The Morgan fingerprint density at radius 3 is 2.72 bits per heavy atom. The number of halogens is 1. The van der Waals surface area contributed by atoms with E-state index in [-0.39, 0.29) is 24.2 Å². The first-order valence-corrected chi connectivity index (χ1v) is 11.4. The summed E-state index contributed by atoms with van der Waals surface area (Å²) in [4.78, 5) is 14.5. The number of amidine groups is 1. The van der Waals surface area contributed by atoms with Crippen LogP contribution in [0, 0.1) is 6.92 Å². The van der Waals surface area contributed by atoms with Gasteiger partial charge in [-0.05, 0) is 36.6 Å². The molecule has 3 aliphatic rings. The molecule has 166 valence electrons. The van der Waals surface area contributed by atoms with Gasteiger partial charge in [0.05, 0.1) is 12.1 Å². The largest absolute Gasteiger partial charge is 0.352 e. The zero-order valence-corrected chi connectivity index (χ0v) is 18.7. The van der Waals surface area contributed by atoms with Gasteiger partial charge in [0.25, 0.3) is 0 Å². The molecule has 3 N–H and O–H groups in total. The number of rotatable bonds is 6. The van der Waals surface area contributed by atoms with E-state index in [0.717, 1.165) is 22.8 Å². The number of hydrazine groups is 1. The molecule has 3 aliphatic heterocycles. The van der Waals surface area contributed by atoms with Crippen molar-refractivity contribution in [3.05, 3.63) is 82.6 Å². The Morgan fingerprint density at radius 1 is 1.16 bits per heavy atom. The number of nitrogens with zero attached hydrogens (tertiary/aromatic N) is 3. The van der Waals surface area contributed by atoms with Crippen LogP contribution >= 0.6 is 11.6 Å². The second-order valence-corrected chi connectivity index (χ2v) is 8.95. The summed E-state index contributed by atoms with van der Waals surface area (Å²) in [7, 11) is 0. The van der Waals surface area contributed by atoms with Crippen molar-refractivity contribution in [1.82, 2.24) is 26.1 Å². The summed E-state index contributed by atoms with van der Waals surface area (Å²) in [6.07, 6.45) is 6.08. The van der Waals surface area contributed by atoms with E-state index >= 15 is 0 Å². The van der Waals surface area contributed by atoms with Crippen molar-refractivity contribution in [3.8, 4) is 0 Å². The summed E-state index contributed by atoms with van der Waals surface area (Å²) < 4.78 is 0. The summed E-state index contributed by atoms with van der Waals surface area (Å²) in [5, 5.41) is 10.4. The minimum atomic E-state index is 0.0321. The normalized spacial score (nSPS) is 23.4. The van der Waals surface area contributed by atoms with E-state index in [4.69, 9.17) is 11.6 Å². The van der Waals surface area contributed by atoms with Crippen LogP contribution in [0.5, 0.6) is 0 Å². The molecule has 7 nitrogen and oxygen atoms in total. The predicted molar refractivity (Wildman–Crippen MR) is 125 cm³/mol. The van der Waals surface area contributed by atoms with E-state index < -0.39 is 0 Å². The molecule has 3 atom stereocenters. The minimum Gasteiger partial charge on any atom is -0.352 e. The number of hydrogen-bond donors (Lipinski definition) is 3. The number of carbonyl (C=O) groups is 1. The number of carbonyl (C=O) groups excluding carboxylic acids is 1. The maximum atomic E-state index is 12.4. The fraction of sp³-hybridized carbons (Fsp3) is 0.333. The van der Waals surface area contributed by atoms with E-state index in [1.807, 2.05) is 30.5 Å².